The largest absolute Gasteiger partial charge is 0.485 e. The van der Waals surface area contributed by atoms with Crippen molar-refractivity contribution in [3.05, 3.63) is 89.2 Å². The van der Waals surface area contributed by atoms with Gasteiger partial charge in [0.1, 0.15) is 23.7 Å². The summed E-state index contributed by atoms with van der Waals surface area (Å²) in [5.41, 5.74) is 6.50. The van der Waals surface area contributed by atoms with Crippen LogP contribution >= 0.6 is 0 Å². The van der Waals surface area contributed by atoms with Gasteiger partial charge in [0.15, 0.2) is 0 Å². The van der Waals surface area contributed by atoms with Crippen LogP contribution in [0.15, 0.2) is 66.8 Å². The first-order valence-corrected chi connectivity index (χ1v) is 10.9. The highest BCUT2D eigenvalue weighted by Gasteiger charge is 2.42. The van der Waals surface area contributed by atoms with E-state index in [4.69, 9.17) is 9.47 Å². The van der Waals surface area contributed by atoms with Gasteiger partial charge in [0.2, 0.25) is 0 Å². The lowest BCUT2D eigenvalue weighted by Gasteiger charge is -2.25. The monoisotopic (exact) mass is 393 g/mol. The van der Waals surface area contributed by atoms with E-state index < -0.39 is 0 Å². The SMILES string of the molecule is CC(C)n1c2c(c3c4c(ccc31)C1C=CC=CC1O4)C=CC1Oc3ccccc3C21. The summed E-state index contributed by atoms with van der Waals surface area (Å²) in [6.07, 6.45) is 13.3. The van der Waals surface area contributed by atoms with Crippen molar-refractivity contribution in [2.75, 3.05) is 0 Å². The summed E-state index contributed by atoms with van der Waals surface area (Å²) in [5.74, 6) is 2.59. The van der Waals surface area contributed by atoms with Gasteiger partial charge in [-0.05, 0) is 38.1 Å². The molecule has 0 radical (unpaired) electrons. The lowest BCUT2D eigenvalue weighted by Crippen LogP contribution is -2.23. The fourth-order valence-corrected chi connectivity index (χ4v) is 5.87. The molecule has 4 atom stereocenters. The molecular weight excluding hydrogens is 370 g/mol. The molecule has 0 fully saturated rings. The van der Waals surface area contributed by atoms with Gasteiger partial charge in [0, 0.05) is 39.7 Å². The standard InChI is InChI=1S/C27H23NO2/c1-15(2)28-20-13-11-17-16-7-3-5-9-21(16)30-27(17)24(20)19-12-14-23-25(26(19)28)18-8-4-6-10-22(18)29-23/h3-16,21,23,25H,1-2H3. The number of hydrogen-bond acceptors (Lipinski definition) is 2. The maximum absolute atomic E-state index is 6.55. The van der Waals surface area contributed by atoms with Gasteiger partial charge in [-0.3, -0.25) is 0 Å². The summed E-state index contributed by atoms with van der Waals surface area (Å²) in [6, 6.07) is 13.4. The predicted octanol–water partition coefficient (Wildman–Crippen LogP) is 6.11. The van der Waals surface area contributed by atoms with E-state index in [1.54, 1.807) is 0 Å². The van der Waals surface area contributed by atoms with Crippen LogP contribution in [0.3, 0.4) is 0 Å². The summed E-state index contributed by atoms with van der Waals surface area (Å²) < 4.78 is 15.4. The van der Waals surface area contributed by atoms with Crippen LogP contribution in [-0.4, -0.2) is 16.8 Å². The molecule has 30 heavy (non-hydrogen) atoms. The number of nitrogens with zero attached hydrogens (tertiary/aromatic N) is 1. The lowest BCUT2D eigenvalue weighted by atomic mass is 9.85. The maximum atomic E-state index is 6.55. The second-order valence-corrected chi connectivity index (χ2v) is 8.98. The van der Waals surface area contributed by atoms with Crippen LogP contribution in [0.25, 0.3) is 17.0 Å². The van der Waals surface area contributed by atoms with E-state index in [2.05, 4.69) is 91.3 Å². The topological polar surface area (TPSA) is 23.4 Å². The van der Waals surface area contributed by atoms with Crippen molar-refractivity contribution in [2.24, 2.45) is 0 Å². The minimum atomic E-state index is 0.0547. The predicted molar refractivity (Wildman–Crippen MR) is 119 cm³/mol. The smallest absolute Gasteiger partial charge is 0.134 e. The first kappa shape index (κ1) is 16.6. The van der Waals surface area contributed by atoms with Crippen molar-refractivity contribution < 1.29 is 9.47 Å². The molecule has 3 heterocycles. The zero-order valence-corrected chi connectivity index (χ0v) is 17.1. The van der Waals surface area contributed by atoms with Gasteiger partial charge in [0.05, 0.1) is 11.4 Å². The molecule has 0 amide bonds. The second-order valence-electron chi connectivity index (χ2n) is 8.98. The summed E-state index contributed by atoms with van der Waals surface area (Å²) in [7, 11) is 0. The maximum Gasteiger partial charge on any atom is 0.134 e. The summed E-state index contributed by atoms with van der Waals surface area (Å²) in [5, 5.41) is 1.26. The fourth-order valence-electron chi connectivity index (χ4n) is 5.87. The Bertz CT molecular complexity index is 1310. The van der Waals surface area contributed by atoms with Crippen molar-refractivity contribution in [2.45, 2.75) is 43.9 Å². The quantitative estimate of drug-likeness (QED) is 0.498. The molecule has 3 heteroatoms. The van der Waals surface area contributed by atoms with E-state index in [-0.39, 0.29) is 18.1 Å². The number of para-hydroxylation sites is 1. The van der Waals surface area contributed by atoms with Crippen molar-refractivity contribution in [3.63, 3.8) is 0 Å². The number of fused-ring (bicyclic) bond motifs is 11. The minimum absolute atomic E-state index is 0.0547. The summed E-state index contributed by atoms with van der Waals surface area (Å²) >= 11 is 0. The molecule has 1 aromatic heterocycles. The Morgan fingerprint density at radius 2 is 1.73 bits per heavy atom. The van der Waals surface area contributed by atoms with Gasteiger partial charge in [-0.1, -0.05) is 48.6 Å². The van der Waals surface area contributed by atoms with Gasteiger partial charge in [0.25, 0.3) is 0 Å². The average molecular weight is 393 g/mol. The molecule has 2 aliphatic carbocycles. The Morgan fingerprint density at radius 1 is 0.867 bits per heavy atom. The van der Waals surface area contributed by atoms with Crippen LogP contribution in [0.5, 0.6) is 11.5 Å². The third kappa shape index (κ3) is 1.95. The minimum Gasteiger partial charge on any atom is -0.485 e. The number of hydrogen-bond donors (Lipinski definition) is 0. The van der Waals surface area contributed by atoms with Gasteiger partial charge < -0.3 is 14.0 Å². The second kappa shape index (κ2) is 5.69. The number of ether oxygens (including phenoxy) is 2. The van der Waals surface area contributed by atoms with Crippen LogP contribution in [-0.2, 0) is 0 Å². The van der Waals surface area contributed by atoms with E-state index in [1.807, 2.05) is 0 Å². The van der Waals surface area contributed by atoms with Crippen LogP contribution < -0.4 is 9.47 Å². The van der Waals surface area contributed by atoms with Crippen LogP contribution in [0.4, 0.5) is 0 Å². The molecule has 2 aromatic carbocycles. The van der Waals surface area contributed by atoms with Crippen molar-refractivity contribution in [3.8, 4) is 11.5 Å². The molecule has 0 bridgehead atoms. The molecule has 0 saturated carbocycles. The number of benzene rings is 2. The highest BCUT2D eigenvalue weighted by Crippen LogP contribution is 2.53. The van der Waals surface area contributed by atoms with Gasteiger partial charge >= 0.3 is 0 Å². The van der Waals surface area contributed by atoms with Crippen molar-refractivity contribution >= 4 is 17.0 Å². The molecule has 0 spiro atoms. The van der Waals surface area contributed by atoms with Crippen LogP contribution in [0, 0.1) is 0 Å². The van der Waals surface area contributed by atoms with E-state index >= 15 is 0 Å². The number of rotatable bonds is 1. The van der Waals surface area contributed by atoms with Crippen molar-refractivity contribution in [1.82, 2.24) is 4.57 Å². The molecule has 7 rings (SSSR count). The summed E-state index contributed by atoms with van der Waals surface area (Å²) in [6.45, 7) is 4.54. The zero-order valence-electron chi connectivity index (χ0n) is 17.1. The van der Waals surface area contributed by atoms with E-state index in [0.717, 1.165) is 11.5 Å². The number of allylic oxidation sites excluding steroid dienone is 2. The third-order valence-electron chi connectivity index (χ3n) is 7.04. The molecule has 4 aliphatic rings. The fraction of sp³-hybridized carbons (Fsp3) is 0.259. The molecule has 2 aliphatic heterocycles. The van der Waals surface area contributed by atoms with E-state index in [0.29, 0.717) is 12.0 Å². The van der Waals surface area contributed by atoms with Crippen molar-refractivity contribution in [1.29, 1.82) is 0 Å². The highest BCUT2D eigenvalue weighted by atomic mass is 16.5. The van der Waals surface area contributed by atoms with E-state index in [1.165, 1.54) is 33.3 Å². The molecule has 3 aromatic rings. The molecule has 4 unspecified atom stereocenters. The third-order valence-corrected chi connectivity index (χ3v) is 7.04. The Hall–Kier alpha value is -3.20. The number of aromatic nitrogens is 1. The first-order chi connectivity index (χ1) is 14.7. The van der Waals surface area contributed by atoms with E-state index in [9.17, 15) is 0 Å². The van der Waals surface area contributed by atoms with Crippen LogP contribution in [0.2, 0.25) is 0 Å². The Morgan fingerprint density at radius 3 is 2.63 bits per heavy atom. The van der Waals surface area contributed by atoms with Gasteiger partial charge in [-0.15, -0.1) is 0 Å². The van der Waals surface area contributed by atoms with Crippen LogP contribution in [0.1, 0.15) is 54.1 Å². The zero-order chi connectivity index (χ0) is 20.0. The Labute approximate surface area is 175 Å². The Kier molecular flexibility index (Phi) is 3.15. The molecular formula is C27H23NO2. The molecule has 3 nitrogen and oxygen atoms in total. The molecule has 0 N–H and O–H groups in total. The molecule has 0 saturated heterocycles. The van der Waals surface area contributed by atoms with Gasteiger partial charge in [-0.2, -0.15) is 0 Å². The highest BCUT2D eigenvalue weighted by molar-refractivity contribution is 5.99. The first-order valence-electron chi connectivity index (χ1n) is 10.9. The average Bonchev–Trinajstić information content (AvgIpc) is 3.41. The Balaban J connectivity index is 1.55. The molecule has 148 valence electrons. The van der Waals surface area contributed by atoms with Gasteiger partial charge in [-0.25, -0.2) is 0 Å². The lowest BCUT2D eigenvalue weighted by molar-refractivity contribution is 0.263. The normalized spacial score (nSPS) is 26.8. The summed E-state index contributed by atoms with van der Waals surface area (Å²) in [4.78, 5) is 0.